The summed E-state index contributed by atoms with van der Waals surface area (Å²) in [5.74, 6) is -4.24. The number of hydrogen-bond donors (Lipinski definition) is 6. The minimum Gasteiger partial charge on any atom is -0.382 e. The third-order valence-electron chi connectivity index (χ3n) is 11.0. The SMILES string of the molecule is COCC(C)(C)OCCC(C)(C)OCCn1cc(CNC(=O)c2cccc(S(=O)(=O)OCC(C)(O)C(=O)[C@H](CC(C)C)NC(=O)CNC(=O)[C@H](CC(C)C)NC(=O)CNC(=O)CN3CCOCC3)c2)nn1. The van der Waals surface area contributed by atoms with Crippen LogP contribution in [0.5, 0.6) is 0 Å². The molecule has 0 saturated carbocycles. The Balaban J connectivity index is 1.51. The van der Waals surface area contributed by atoms with Gasteiger partial charge in [-0.1, -0.05) is 39.0 Å². The van der Waals surface area contributed by atoms with Gasteiger partial charge in [-0.15, -0.1) is 5.10 Å². The molecule has 1 saturated heterocycles. The van der Waals surface area contributed by atoms with Gasteiger partial charge in [0.15, 0.2) is 5.78 Å². The predicted octanol–water partition coefficient (Wildman–Crippen LogP) is 0.487. The van der Waals surface area contributed by atoms with Crippen molar-refractivity contribution < 1.29 is 65.4 Å². The topological polar surface area (TPSA) is 297 Å². The monoisotopic (exact) mass is 1020 g/mol. The van der Waals surface area contributed by atoms with E-state index in [-0.39, 0.29) is 55.8 Å². The normalized spacial score (nSPS) is 15.4. The third kappa shape index (κ3) is 22.6. The Hall–Kier alpha value is -4.95. The molecule has 23 nitrogen and oxygen atoms in total. The number of nitrogens with zero attached hydrogens (tertiary/aromatic N) is 4. The lowest BCUT2D eigenvalue weighted by molar-refractivity contribution is -0.143. The molecule has 0 radical (unpaired) electrons. The van der Waals surface area contributed by atoms with Crippen molar-refractivity contribution in [3.8, 4) is 0 Å². The molecule has 1 aromatic carbocycles. The second kappa shape index (κ2) is 28.3. The molecule has 6 N–H and O–H groups in total. The third-order valence-corrected chi connectivity index (χ3v) is 12.2. The lowest BCUT2D eigenvalue weighted by atomic mass is 9.90. The summed E-state index contributed by atoms with van der Waals surface area (Å²) >= 11 is 0. The minimum absolute atomic E-state index is 0.0197. The first kappa shape index (κ1) is 60.4. The summed E-state index contributed by atoms with van der Waals surface area (Å²) in [6.45, 7) is 18.1. The van der Waals surface area contributed by atoms with Crippen LogP contribution in [0.2, 0.25) is 0 Å². The Labute approximate surface area is 417 Å². The maximum absolute atomic E-state index is 13.7. The Morgan fingerprint density at radius 2 is 1.44 bits per heavy atom. The fourth-order valence-corrected chi connectivity index (χ4v) is 8.17. The molecule has 1 aliphatic heterocycles. The van der Waals surface area contributed by atoms with Crippen LogP contribution in [0.4, 0.5) is 0 Å². The zero-order chi connectivity index (χ0) is 53.0. The van der Waals surface area contributed by atoms with Crippen molar-refractivity contribution in [3.05, 3.63) is 41.7 Å². The molecule has 5 amide bonds. The van der Waals surface area contributed by atoms with E-state index >= 15 is 0 Å². The highest BCUT2D eigenvalue weighted by atomic mass is 32.2. The molecule has 2 heterocycles. The molecule has 24 heteroatoms. The van der Waals surface area contributed by atoms with Crippen molar-refractivity contribution in [2.45, 2.75) is 128 Å². The fourth-order valence-electron chi connectivity index (χ4n) is 7.14. The van der Waals surface area contributed by atoms with Gasteiger partial charge in [0.25, 0.3) is 16.0 Å². The number of aromatic nitrogens is 3. The summed E-state index contributed by atoms with van der Waals surface area (Å²) in [6.07, 6.45) is 2.56. The lowest BCUT2D eigenvalue weighted by Crippen LogP contribution is -2.55. The van der Waals surface area contributed by atoms with E-state index in [1.807, 2.05) is 46.4 Å². The van der Waals surface area contributed by atoms with Crippen molar-refractivity contribution in [3.63, 3.8) is 0 Å². The van der Waals surface area contributed by atoms with E-state index in [1.165, 1.54) is 18.2 Å². The number of ether oxygens (including phenoxy) is 4. The number of Topliss-reactive ketones (excluding diaryl/α,β-unsaturated/α-hetero) is 1. The van der Waals surface area contributed by atoms with E-state index in [9.17, 15) is 42.3 Å². The van der Waals surface area contributed by atoms with Crippen molar-refractivity contribution in [2.75, 3.05) is 79.5 Å². The summed E-state index contributed by atoms with van der Waals surface area (Å²) < 4.78 is 55.9. The van der Waals surface area contributed by atoms with Gasteiger partial charge < -0.3 is 50.6 Å². The van der Waals surface area contributed by atoms with E-state index in [0.717, 1.165) is 13.0 Å². The van der Waals surface area contributed by atoms with Crippen molar-refractivity contribution in [2.24, 2.45) is 11.8 Å². The van der Waals surface area contributed by atoms with Crippen molar-refractivity contribution >= 4 is 45.4 Å². The zero-order valence-electron chi connectivity index (χ0n) is 43.0. The van der Waals surface area contributed by atoms with Crippen LogP contribution in [0, 0.1) is 11.8 Å². The average molecular weight is 1020 g/mol. The molecule has 1 fully saturated rings. The van der Waals surface area contributed by atoms with Gasteiger partial charge >= 0.3 is 0 Å². The molecule has 2 aromatic rings. The van der Waals surface area contributed by atoms with Crippen LogP contribution in [0.1, 0.15) is 97.6 Å². The van der Waals surface area contributed by atoms with Crippen molar-refractivity contribution in [1.82, 2.24) is 46.5 Å². The van der Waals surface area contributed by atoms with Crippen LogP contribution in [-0.2, 0) is 70.3 Å². The van der Waals surface area contributed by atoms with Crippen LogP contribution < -0.4 is 26.6 Å². The van der Waals surface area contributed by atoms with Gasteiger partial charge in [-0.25, -0.2) is 4.68 Å². The number of nitrogens with one attached hydrogen (secondary N) is 5. The summed E-state index contributed by atoms with van der Waals surface area (Å²) in [5, 5.41) is 32.2. The summed E-state index contributed by atoms with van der Waals surface area (Å²) in [4.78, 5) is 79.7. The Morgan fingerprint density at radius 3 is 2.08 bits per heavy atom. The molecule has 71 heavy (non-hydrogen) atoms. The summed E-state index contributed by atoms with van der Waals surface area (Å²) in [7, 11) is -3.02. The lowest BCUT2D eigenvalue weighted by Gasteiger charge is -2.29. The number of methoxy groups -OCH3 is 1. The fraction of sp³-hybridized carbons (Fsp3) is 0.702. The van der Waals surface area contributed by atoms with E-state index < -0.39 is 86.5 Å². The summed E-state index contributed by atoms with van der Waals surface area (Å²) in [5.41, 5.74) is -2.88. The molecular weight excluding hydrogens is 947 g/mol. The zero-order valence-corrected chi connectivity index (χ0v) is 43.8. The first-order chi connectivity index (χ1) is 33.2. The van der Waals surface area contributed by atoms with Crippen LogP contribution >= 0.6 is 0 Å². The number of rotatable bonds is 32. The van der Waals surface area contributed by atoms with Gasteiger partial charge in [0.2, 0.25) is 23.6 Å². The van der Waals surface area contributed by atoms with E-state index in [0.29, 0.717) is 64.8 Å². The Kier molecular flexibility index (Phi) is 24.1. The smallest absolute Gasteiger partial charge is 0.297 e. The summed E-state index contributed by atoms with van der Waals surface area (Å²) in [6, 6.07) is 2.63. The maximum atomic E-state index is 13.7. The van der Waals surface area contributed by atoms with Crippen LogP contribution in [0.3, 0.4) is 0 Å². The molecule has 0 spiro atoms. The number of morpholine rings is 1. The number of benzene rings is 1. The number of carbonyl (C=O) groups is 6. The highest BCUT2D eigenvalue weighted by Crippen LogP contribution is 2.21. The Bertz CT molecular complexity index is 2180. The number of carbonyl (C=O) groups excluding carboxylic acids is 6. The molecule has 1 aliphatic rings. The molecule has 0 aliphatic carbocycles. The molecule has 400 valence electrons. The quantitative estimate of drug-likeness (QED) is 0.0544. The average Bonchev–Trinajstić information content (AvgIpc) is 3.75. The van der Waals surface area contributed by atoms with Crippen molar-refractivity contribution in [1.29, 1.82) is 0 Å². The van der Waals surface area contributed by atoms with Gasteiger partial charge in [-0.3, -0.25) is 37.9 Å². The number of aliphatic hydroxyl groups is 1. The molecule has 3 rings (SSSR count). The highest BCUT2D eigenvalue weighted by Gasteiger charge is 2.39. The van der Waals surface area contributed by atoms with Gasteiger partial charge in [0.1, 0.15) is 23.9 Å². The van der Waals surface area contributed by atoms with Gasteiger partial charge in [-0.05, 0) is 83.9 Å². The standard InChI is InChI=1S/C47H77N9O14S/c1-32(2)22-37(51-40(58)27-50-44(62)38(23-33(3)4)52-39(57)26-48-41(59)29-55-15-19-67-20-16-55)42(60)47(9,63)31-70-71(64,65)36-13-11-12-34(24-36)43(61)49-25-35-28-56(54-53-35)17-21-69-45(5,6)14-18-68-46(7,8)30-66-10/h11-13,24,28,32-33,37-38,63H,14-23,25-27,29-31H2,1-10H3,(H,48,59)(H,49,61)(H,50,62)(H,51,58)(H,52,57)/t37-,38-,47?/m0/s1. The Morgan fingerprint density at radius 1 is 0.817 bits per heavy atom. The number of ketones is 1. The van der Waals surface area contributed by atoms with Crippen LogP contribution in [0.25, 0.3) is 0 Å². The number of amides is 5. The van der Waals surface area contributed by atoms with Gasteiger partial charge in [0, 0.05) is 25.8 Å². The first-order valence-corrected chi connectivity index (χ1v) is 25.2. The molecular formula is C47H77N9O14S. The van der Waals surface area contributed by atoms with Gasteiger partial charge in [-0.2, -0.15) is 8.42 Å². The first-order valence-electron chi connectivity index (χ1n) is 23.8. The second-order valence-corrected chi connectivity index (χ2v) is 21.4. The molecule has 1 unspecified atom stereocenters. The van der Waals surface area contributed by atoms with Crippen LogP contribution in [0.15, 0.2) is 35.4 Å². The second-order valence-electron chi connectivity index (χ2n) is 19.8. The molecule has 3 atom stereocenters. The van der Waals surface area contributed by atoms with E-state index in [2.05, 4.69) is 36.9 Å². The predicted molar refractivity (Wildman–Crippen MR) is 259 cm³/mol. The molecule has 0 bridgehead atoms. The largest absolute Gasteiger partial charge is 0.382 e. The van der Waals surface area contributed by atoms with E-state index in [1.54, 1.807) is 31.8 Å². The van der Waals surface area contributed by atoms with Gasteiger partial charge in [0.05, 0.1) is 94.1 Å². The highest BCUT2D eigenvalue weighted by molar-refractivity contribution is 7.86. The molecule has 1 aromatic heterocycles. The minimum atomic E-state index is -4.64. The number of hydrogen-bond acceptors (Lipinski definition) is 17. The maximum Gasteiger partial charge on any atom is 0.297 e. The van der Waals surface area contributed by atoms with E-state index in [4.69, 9.17) is 23.1 Å². The van der Waals surface area contributed by atoms with Crippen LogP contribution in [-0.4, -0.2) is 177 Å².